The van der Waals surface area contributed by atoms with E-state index in [1.807, 2.05) is 30.3 Å². The van der Waals surface area contributed by atoms with E-state index >= 15 is 0 Å². The molecule has 4 nitrogen and oxygen atoms in total. The van der Waals surface area contributed by atoms with Gasteiger partial charge in [-0.05, 0) is 35.9 Å². The molecule has 1 aromatic heterocycles. The Balaban J connectivity index is 1.84. The topological polar surface area (TPSA) is 62.3 Å². The first kappa shape index (κ1) is 13.9. The molecule has 0 amide bonds. The van der Waals surface area contributed by atoms with Crippen LogP contribution < -0.4 is 4.74 Å². The third-order valence-electron chi connectivity index (χ3n) is 3.43. The van der Waals surface area contributed by atoms with Gasteiger partial charge in [0.15, 0.2) is 11.5 Å². The van der Waals surface area contributed by atoms with Crippen molar-refractivity contribution in [1.82, 2.24) is 4.98 Å². The molecule has 4 heteroatoms. The number of H-pyrrole nitrogens is 1. The summed E-state index contributed by atoms with van der Waals surface area (Å²) in [6.07, 6.45) is 3.19. The highest BCUT2D eigenvalue weighted by Gasteiger charge is 2.06. The van der Waals surface area contributed by atoms with Crippen molar-refractivity contribution >= 4 is 22.8 Å². The third kappa shape index (κ3) is 2.72. The predicted molar refractivity (Wildman–Crippen MR) is 86.3 cm³/mol. The summed E-state index contributed by atoms with van der Waals surface area (Å²) in [6.45, 7) is 0. The molecular formula is C18H15NO3. The number of rotatable bonds is 4. The van der Waals surface area contributed by atoms with Crippen LogP contribution in [0, 0.1) is 0 Å². The van der Waals surface area contributed by atoms with Crippen LogP contribution in [0.2, 0.25) is 0 Å². The summed E-state index contributed by atoms with van der Waals surface area (Å²) in [4.78, 5) is 15.3. The molecule has 0 fully saturated rings. The minimum Gasteiger partial charge on any atom is -0.504 e. The maximum atomic E-state index is 12.2. The number of aromatic amines is 1. The summed E-state index contributed by atoms with van der Waals surface area (Å²) in [5, 5.41) is 10.6. The van der Waals surface area contributed by atoms with Crippen LogP contribution in [0.1, 0.15) is 16.1 Å². The monoisotopic (exact) mass is 293 g/mol. The molecular weight excluding hydrogens is 278 g/mol. The Morgan fingerprint density at radius 2 is 2.00 bits per heavy atom. The number of ether oxygens (including phenoxy) is 1. The average Bonchev–Trinajstić information content (AvgIpc) is 2.98. The van der Waals surface area contributed by atoms with Gasteiger partial charge in [0.05, 0.1) is 12.8 Å². The molecule has 0 aliphatic carbocycles. The van der Waals surface area contributed by atoms with Crippen LogP contribution in [0.4, 0.5) is 0 Å². The molecule has 1 heterocycles. The average molecular weight is 293 g/mol. The molecule has 0 spiro atoms. The first-order chi connectivity index (χ1) is 10.7. The number of para-hydroxylation sites is 1. The lowest BCUT2D eigenvalue weighted by atomic mass is 10.1. The van der Waals surface area contributed by atoms with Crippen molar-refractivity contribution in [3.8, 4) is 11.5 Å². The Bertz CT molecular complexity index is 829. The Morgan fingerprint density at radius 1 is 1.18 bits per heavy atom. The molecule has 110 valence electrons. The van der Waals surface area contributed by atoms with Crippen molar-refractivity contribution in [3.05, 3.63) is 65.9 Å². The van der Waals surface area contributed by atoms with Gasteiger partial charge in [-0.1, -0.05) is 30.3 Å². The summed E-state index contributed by atoms with van der Waals surface area (Å²) in [7, 11) is 1.48. The molecule has 22 heavy (non-hydrogen) atoms. The fourth-order valence-corrected chi connectivity index (χ4v) is 2.27. The van der Waals surface area contributed by atoms with Crippen molar-refractivity contribution in [2.75, 3.05) is 7.11 Å². The minimum absolute atomic E-state index is 0.0709. The molecule has 0 aliphatic rings. The second-order valence-electron chi connectivity index (χ2n) is 4.90. The number of phenolic OH excluding ortho intramolecular Hbond substituents is 1. The van der Waals surface area contributed by atoms with Gasteiger partial charge < -0.3 is 14.8 Å². The first-order valence-electron chi connectivity index (χ1n) is 6.84. The first-order valence-corrected chi connectivity index (χ1v) is 6.84. The number of ketones is 1. The molecule has 2 aromatic carbocycles. The van der Waals surface area contributed by atoms with Crippen molar-refractivity contribution in [3.63, 3.8) is 0 Å². The molecule has 0 saturated heterocycles. The smallest absolute Gasteiger partial charge is 0.202 e. The highest BCUT2D eigenvalue weighted by atomic mass is 16.5. The van der Waals surface area contributed by atoms with Gasteiger partial charge in [-0.2, -0.15) is 0 Å². The minimum atomic E-state index is -0.108. The van der Waals surface area contributed by atoms with E-state index in [-0.39, 0.29) is 11.5 Å². The van der Waals surface area contributed by atoms with Crippen LogP contribution in [0.15, 0.2) is 54.6 Å². The summed E-state index contributed by atoms with van der Waals surface area (Å²) in [6, 6.07) is 14.5. The largest absolute Gasteiger partial charge is 0.504 e. The quantitative estimate of drug-likeness (QED) is 0.568. The molecule has 0 atom stereocenters. The number of hydrogen-bond donors (Lipinski definition) is 2. The van der Waals surface area contributed by atoms with Crippen LogP contribution >= 0.6 is 0 Å². The predicted octanol–water partition coefficient (Wildman–Crippen LogP) is 3.78. The van der Waals surface area contributed by atoms with Gasteiger partial charge in [-0.15, -0.1) is 0 Å². The summed E-state index contributed by atoms with van der Waals surface area (Å²) in [5.41, 5.74) is 2.26. The van der Waals surface area contributed by atoms with Crippen molar-refractivity contribution in [1.29, 1.82) is 0 Å². The lowest BCUT2D eigenvalue weighted by Gasteiger charge is -2.03. The summed E-state index contributed by atoms with van der Waals surface area (Å²) >= 11 is 0. The van der Waals surface area contributed by atoms with E-state index in [1.54, 1.807) is 18.2 Å². The van der Waals surface area contributed by atoms with Crippen LogP contribution in [0.5, 0.6) is 11.5 Å². The molecule has 0 radical (unpaired) electrons. The Morgan fingerprint density at radius 3 is 2.77 bits per heavy atom. The zero-order valence-corrected chi connectivity index (χ0v) is 12.0. The van der Waals surface area contributed by atoms with E-state index < -0.39 is 0 Å². The van der Waals surface area contributed by atoms with E-state index in [2.05, 4.69) is 4.98 Å². The molecule has 2 N–H and O–H groups in total. The van der Waals surface area contributed by atoms with Crippen LogP contribution in [0.25, 0.3) is 17.0 Å². The van der Waals surface area contributed by atoms with Gasteiger partial charge in [-0.25, -0.2) is 0 Å². The SMILES string of the molecule is COc1cc(/C=C/C(=O)c2cc3ccccc3[nH]2)ccc1O. The van der Waals surface area contributed by atoms with E-state index in [0.717, 1.165) is 16.5 Å². The van der Waals surface area contributed by atoms with Gasteiger partial charge in [0.2, 0.25) is 5.78 Å². The highest BCUT2D eigenvalue weighted by Crippen LogP contribution is 2.26. The fourth-order valence-electron chi connectivity index (χ4n) is 2.27. The number of carbonyl (C=O) groups is 1. The lowest BCUT2D eigenvalue weighted by Crippen LogP contribution is -1.93. The van der Waals surface area contributed by atoms with Gasteiger partial charge >= 0.3 is 0 Å². The number of aromatic nitrogens is 1. The molecule has 0 unspecified atom stereocenters. The van der Waals surface area contributed by atoms with Gasteiger partial charge in [0, 0.05) is 10.9 Å². The van der Waals surface area contributed by atoms with Gasteiger partial charge in [-0.3, -0.25) is 4.79 Å². The number of carbonyl (C=O) groups excluding carboxylic acids is 1. The summed E-state index contributed by atoms with van der Waals surface area (Å²) in [5.74, 6) is 0.338. The second-order valence-corrected chi connectivity index (χ2v) is 4.90. The molecule has 3 rings (SSSR count). The standard InChI is InChI=1S/C18H15NO3/c1-22-18-10-12(7-9-17(18)21)6-8-16(20)15-11-13-4-2-3-5-14(13)19-15/h2-11,19,21H,1H3/b8-6+. The van der Waals surface area contributed by atoms with Crippen molar-refractivity contribution < 1.29 is 14.6 Å². The Hall–Kier alpha value is -3.01. The van der Waals surface area contributed by atoms with Gasteiger partial charge in [0.25, 0.3) is 0 Å². The Labute approximate surface area is 127 Å². The van der Waals surface area contributed by atoms with Crippen LogP contribution in [-0.4, -0.2) is 23.0 Å². The van der Waals surface area contributed by atoms with E-state index in [4.69, 9.17) is 4.74 Å². The van der Waals surface area contributed by atoms with Crippen molar-refractivity contribution in [2.24, 2.45) is 0 Å². The van der Waals surface area contributed by atoms with Crippen molar-refractivity contribution in [2.45, 2.75) is 0 Å². The number of hydrogen-bond acceptors (Lipinski definition) is 3. The number of fused-ring (bicyclic) bond motifs is 1. The van der Waals surface area contributed by atoms with E-state index in [9.17, 15) is 9.90 Å². The molecule has 0 saturated carbocycles. The zero-order chi connectivity index (χ0) is 15.5. The highest BCUT2D eigenvalue weighted by molar-refractivity contribution is 6.08. The maximum absolute atomic E-state index is 12.2. The van der Waals surface area contributed by atoms with Crippen LogP contribution in [0.3, 0.4) is 0 Å². The molecule has 3 aromatic rings. The normalized spacial score (nSPS) is 11.1. The fraction of sp³-hybridized carbons (Fsp3) is 0.0556. The third-order valence-corrected chi connectivity index (χ3v) is 3.43. The number of phenols is 1. The summed E-state index contributed by atoms with van der Waals surface area (Å²) < 4.78 is 5.04. The molecule has 0 bridgehead atoms. The number of aromatic hydroxyl groups is 1. The number of methoxy groups -OCH3 is 1. The van der Waals surface area contributed by atoms with E-state index in [0.29, 0.717) is 11.4 Å². The zero-order valence-electron chi connectivity index (χ0n) is 12.0. The number of nitrogens with one attached hydrogen (secondary N) is 1. The van der Waals surface area contributed by atoms with Gasteiger partial charge in [0.1, 0.15) is 0 Å². The number of benzene rings is 2. The maximum Gasteiger partial charge on any atom is 0.202 e. The second kappa shape index (κ2) is 5.77. The lowest BCUT2D eigenvalue weighted by molar-refractivity contribution is 0.104. The molecule has 0 aliphatic heterocycles. The van der Waals surface area contributed by atoms with E-state index in [1.165, 1.54) is 19.3 Å². The number of allylic oxidation sites excluding steroid dienone is 1. The van der Waals surface area contributed by atoms with Crippen LogP contribution in [-0.2, 0) is 0 Å². The Kier molecular flexibility index (Phi) is 3.66.